The maximum absolute atomic E-state index is 13.0. The van der Waals surface area contributed by atoms with Gasteiger partial charge >= 0.3 is 12.1 Å². The molecule has 2 aromatic rings. The zero-order valence-corrected chi connectivity index (χ0v) is 10.5. The number of halogens is 3. The Morgan fingerprint density at radius 1 is 1.35 bits per heavy atom. The second kappa shape index (κ2) is 4.99. The summed E-state index contributed by atoms with van der Waals surface area (Å²) >= 11 is 0. The first-order valence-electron chi connectivity index (χ1n) is 5.82. The SMILES string of the molecule is CCn1ncc(C(=O)O)c1-c1ccccc1C(F)(F)F. The van der Waals surface area contributed by atoms with Gasteiger partial charge in [-0.2, -0.15) is 18.3 Å². The van der Waals surface area contributed by atoms with Crippen molar-refractivity contribution in [1.82, 2.24) is 9.78 Å². The fraction of sp³-hybridized carbons (Fsp3) is 0.231. The van der Waals surface area contributed by atoms with Crippen molar-refractivity contribution in [3.63, 3.8) is 0 Å². The van der Waals surface area contributed by atoms with E-state index in [-0.39, 0.29) is 23.4 Å². The van der Waals surface area contributed by atoms with Gasteiger partial charge in [0.25, 0.3) is 0 Å². The molecule has 0 saturated carbocycles. The highest BCUT2D eigenvalue weighted by atomic mass is 19.4. The Balaban J connectivity index is 2.75. The number of hydrogen-bond acceptors (Lipinski definition) is 2. The first kappa shape index (κ1) is 14.1. The molecule has 0 atom stereocenters. The lowest BCUT2D eigenvalue weighted by molar-refractivity contribution is -0.137. The summed E-state index contributed by atoms with van der Waals surface area (Å²) in [6, 6.07) is 4.87. The first-order valence-corrected chi connectivity index (χ1v) is 5.82. The van der Waals surface area contributed by atoms with Crippen LogP contribution in [0.5, 0.6) is 0 Å². The number of carboxylic acids is 1. The Morgan fingerprint density at radius 2 is 2.00 bits per heavy atom. The molecule has 1 heterocycles. The van der Waals surface area contributed by atoms with Crippen molar-refractivity contribution in [3.8, 4) is 11.3 Å². The highest BCUT2D eigenvalue weighted by Crippen LogP contribution is 2.38. The van der Waals surface area contributed by atoms with Crippen LogP contribution in [0.2, 0.25) is 0 Å². The predicted octanol–water partition coefficient (Wildman–Crippen LogP) is 3.29. The summed E-state index contributed by atoms with van der Waals surface area (Å²) in [4.78, 5) is 11.2. The molecule has 7 heteroatoms. The second-order valence-electron chi connectivity index (χ2n) is 4.07. The van der Waals surface area contributed by atoms with Gasteiger partial charge in [-0.1, -0.05) is 18.2 Å². The lowest BCUT2D eigenvalue weighted by atomic mass is 10.0. The van der Waals surface area contributed by atoms with Crippen molar-refractivity contribution in [2.24, 2.45) is 0 Å². The molecular formula is C13H11F3N2O2. The number of aromatic carboxylic acids is 1. The Bertz CT molecular complexity index is 647. The Labute approximate surface area is 112 Å². The second-order valence-corrected chi connectivity index (χ2v) is 4.07. The minimum atomic E-state index is -4.56. The van der Waals surface area contributed by atoms with E-state index in [1.807, 2.05) is 0 Å². The maximum atomic E-state index is 13.0. The molecule has 0 aliphatic heterocycles. The van der Waals surface area contributed by atoms with Crippen LogP contribution in [-0.4, -0.2) is 20.9 Å². The molecule has 0 fully saturated rings. The number of aromatic nitrogens is 2. The molecule has 0 aliphatic rings. The van der Waals surface area contributed by atoms with Gasteiger partial charge in [-0.05, 0) is 13.0 Å². The first-order chi connectivity index (χ1) is 9.36. The predicted molar refractivity (Wildman–Crippen MR) is 65.3 cm³/mol. The van der Waals surface area contributed by atoms with E-state index in [4.69, 9.17) is 5.11 Å². The molecule has 0 saturated heterocycles. The summed E-state index contributed by atoms with van der Waals surface area (Å²) < 4.78 is 40.3. The molecule has 20 heavy (non-hydrogen) atoms. The summed E-state index contributed by atoms with van der Waals surface area (Å²) in [6.45, 7) is 1.95. The van der Waals surface area contributed by atoms with Crippen molar-refractivity contribution in [2.75, 3.05) is 0 Å². The van der Waals surface area contributed by atoms with Gasteiger partial charge in [0, 0.05) is 12.1 Å². The smallest absolute Gasteiger partial charge is 0.417 e. The normalized spacial score (nSPS) is 11.6. The Kier molecular flexibility index (Phi) is 3.52. The molecule has 0 spiro atoms. The van der Waals surface area contributed by atoms with Gasteiger partial charge in [-0.15, -0.1) is 0 Å². The van der Waals surface area contributed by atoms with E-state index in [9.17, 15) is 18.0 Å². The van der Waals surface area contributed by atoms with Crippen LogP contribution in [0.4, 0.5) is 13.2 Å². The van der Waals surface area contributed by atoms with Gasteiger partial charge in [0.15, 0.2) is 0 Å². The fourth-order valence-corrected chi connectivity index (χ4v) is 2.00. The largest absolute Gasteiger partial charge is 0.478 e. The van der Waals surface area contributed by atoms with Crippen LogP contribution >= 0.6 is 0 Å². The van der Waals surface area contributed by atoms with E-state index in [1.165, 1.54) is 22.9 Å². The van der Waals surface area contributed by atoms with Gasteiger partial charge in [0.2, 0.25) is 0 Å². The molecule has 1 N–H and O–H groups in total. The van der Waals surface area contributed by atoms with Crippen molar-refractivity contribution in [1.29, 1.82) is 0 Å². The van der Waals surface area contributed by atoms with E-state index in [0.29, 0.717) is 0 Å². The van der Waals surface area contributed by atoms with Crippen LogP contribution in [0.1, 0.15) is 22.8 Å². The molecule has 0 bridgehead atoms. The topological polar surface area (TPSA) is 55.1 Å². The van der Waals surface area contributed by atoms with Gasteiger partial charge in [-0.3, -0.25) is 4.68 Å². The highest BCUT2D eigenvalue weighted by molar-refractivity contribution is 5.95. The van der Waals surface area contributed by atoms with Crippen molar-refractivity contribution in [2.45, 2.75) is 19.6 Å². The van der Waals surface area contributed by atoms with Crippen LogP contribution in [-0.2, 0) is 12.7 Å². The summed E-state index contributed by atoms with van der Waals surface area (Å²) in [5.41, 5.74) is -1.34. The van der Waals surface area contributed by atoms with Crippen molar-refractivity contribution >= 4 is 5.97 Å². The van der Waals surface area contributed by atoms with Gasteiger partial charge in [-0.25, -0.2) is 4.79 Å². The number of alkyl halides is 3. The molecule has 0 radical (unpaired) electrons. The monoisotopic (exact) mass is 284 g/mol. The molecule has 1 aromatic carbocycles. The zero-order chi connectivity index (χ0) is 14.9. The zero-order valence-electron chi connectivity index (χ0n) is 10.5. The third kappa shape index (κ3) is 2.38. The minimum absolute atomic E-state index is 0.0343. The van der Waals surface area contributed by atoms with Crippen LogP contribution in [0, 0.1) is 0 Å². The van der Waals surface area contributed by atoms with Crippen LogP contribution < -0.4 is 0 Å². The number of aryl methyl sites for hydroxylation is 1. The van der Waals surface area contributed by atoms with Gasteiger partial charge < -0.3 is 5.11 Å². The molecule has 4 nitrogen and oxygen atoms in total. The third-order valence-corrected chi connectivity index (χ3v) is 2.86. The average Bonchev–Trinajstić information content (AvgIpc) is 2.81. The molecule has 0 amide bonds. The number of nitrogens with zero attached hydrogens (tertiary/aromatic N) is 2. The van der Waals surface area contributed by atoms with Crippen LogP contribution in [0.15, 0.2) is 30.5 Å². The van der Waals surface area contributed by atoms with Crippen LogP contribution in [0.25, 0.3) is 11.3 Å². The Hall–Kier alpha value is -2.31. The van der Waals surface area contributed by atoms with E-state index < -0.39 is 17.7 Å². The molecule has 106 valence electrons. The van der Waals surface area contributed by atoms with E-state index in [0.717, 1.165) is 12.3 Å². The molecule has 1 aromatic heterocycles. The van der Waals surface area contributed by atoms with E-state index in [2.05, 4.69) is 5.10 Å². The maximum Gasteiger partial charge on any atom is 0.417 e. The summed E-state index contributed by atoms with van der Waals surface area (Å²) in [5.74, 6) is -1.31. The summed E-state index contributed by atoms with van der Waals surface area (Å²) in [7, 11) is 0. The summed E-state index contributed by atoms with van der Waals surface area (Å²) in [5, 5.41) is 12.9. The number of carboxylic acid groups (broad SMARTS) is 1. The average molecular weight is 284 g/mol. The Morgan fingerprint density at radius 3 is 2.55 bits per heavy atom. The quantitative estimate of drug-likeness (QED) is 0.941. The number of rotatable bonds is 3. The van der Waals surface area contributed by atoms with Crippen LogP contribution in [0.3, 0.4) is 0 Å². The number of hydrogen-bond donors (Lipinski definition) is 1. The standard InChI is InChI=1S/C13H11F3N2O2/c1-2-18-11(9(7-17-18)12(19)20)8-5-3-4-6-10(8)13(14,15)16/h3-7H,2H2,1H3,(H,19,20). The van der Waals surface area contributed by atoms with Gasteiger partial charge in [0.1, 0.15) is 5.56 Å². The van der Waals surface area contributed by atoms with Crippen molar-refractivity contribution < 1.29 is 23.1 Å². The lowest BCUT2D eigenvalue weighted by Crippen LogP contribution is -2.11. The van der Waals surface area contributed by atoms with Crippen molar-refractivity contribution in [3.05, 3.63) is 41.6 Å². The lowest BCUT2D eigenvalue weighted by Gasteiger charge is -2.14. The number of benzene rings is 1. The third-order valence-electron chi connectivity index (χ3n) is 2.86. The molecule has 0 unspecified atom stereocenters. The molecule has 0 aliphatic carbocycles. The van der Waals surface area contributed by atoms with E-state index in [1.54, 1.807) is 6.92 Å². The molecular weight excluding hydrogens is 273 g/mol. The fourth-order valence-electron chi connectivity index (χ4n) is 2.00. The minimum Gasteiger partial charge on any atom is -0.478 e. The molecule has 2 rings (SSSR count). The van der Waals surface area contributed by atoms with E-state index >= 15 is 0 Å². The van der Waals surface area contributed by atoms with Gasteiger partial charge in [0.05, 0.1) is 17.5 Å². The summed E-state index contributed by atoms with van der Waals surface area (Å²) in [6.07, 6.45) is -3.50. The number of carbonyl (C=O) groups is 1. The highest BCUT2D eigenvalue weighted by Gasteiger charge is 2.35.